The van der Waals surface area contributed by atoms with E-state index in [1.54, 1.807) is 0 Å². The van der Waals surface area contributed by atoms with Gasteiger partial charge in [-0.2, -0.15) is 0 Å². The van der Waals surface area contributed by atoms with Crippen molar-refractivity contribution in [2.75, 3.05) is 0 Å². The van der Waals surface area contributed by atoms with Gasteiger partial charge in [0.1, 0.15) is 5.82 Å². The van der Waals surface area contributed by atoms with E-state index in [0.717, 1.165) is 29.8 Å². The SMILES string of the molecule is CCCCCc1ccc(-c2cnc(CCC3CCC(CCC)CC3)nc2C)cc1. The third-order valence-corrected chi connectivity index (χ3v) is 6.80. The molecule has 0 saturated heterocycles. The van der Waals surface area contributed by atoms with Crippen LogP contribution >= 0.6 is 0 Å². The highest BCUT2D eigenvalue weighted by atomic mass is 14.9. The Morgan fingerprint density at radius 2 is 1.52 bits per heavy atom. The summed E-state index contributed by atoms with van der Waals surface area (Å²) in [6, 6.07) is 9.02. The molecule has 1 aliphatic rings. The lowest BCUT2D eigenvalue weighted by Gasteiger charge is -2.28. The van der Waals surface area contributed by atoms with Gasteiger partial charge in [-0.15, -0.1) is 0 Å². The first kappa shape index (κ1) is 22.0. The van der Waals surface area contributed by atoms with E-state index in [0.29, 0.717) is 0 Å². The van der Waals surface area contributed by atoms with E-state index in [2.05, 4.69) is 45.0 Å². The smallest absolute Gasteiger partial charge is 0.128 e. The fourth-order valence-corrected chi connectivity index (χ4v) is 4.90. The van der Waals surface area contributed by atoms with Crippen molar-refractivity contribution in [3.63, 3.8) is 0 Å². The summed E-state index contributed by atoms with van der Waals surface area (Å²) in [5, 5.41) is 0. The fraction of sp³-hybridized carbons (Fsp3) is 0.630. The Morgan fingerprint density at radius 3 is 2.14 bits per heavy atom. The third kappa shape index (κ3) is 6.66. The van der Waals surface area contributed by atoms with Gasteiger partial charge in [-0.3, -0.25) is 0 Å². The topological polar surface area (TPSA) is 25.8 Å². The van der Waals surface area contributed by atoms with Gasteiger partial charge in [0.2, 0.25) is 0 Å². The molecule has 2 nitrogen and oxygen atoms in total. The number of unbranched alkanes of at least 4 members (excludes halogenated alkanes) is 2. The van der Waals surface area contributed by atoms with E-state index in [9.17, 15) is 0 Å². The minimum Gasteiger partial charge on any atom is -0.241 e. The summed E-state index contributed by atoms with van der Waals surface area (Å²) in [5.74, 6) is 2.90. The first-order valence-corrected chi connectivity index (χ1v) is 12.1. The minimum atomic E-state index is 0.881. The second-order valence-electron chi connectivity index (χ2n) is 9.15. The van der Waals surface area contributed by atoms with Gasteiger partial charge in [-0.25, -0.2) is 9.97 Å². The van der Waals surface area contributed by atoms with Gasteiger partial charge < -0.3 is 0 Å². The van der Waals surface area contributed by atoms with E-state index >= 15 is 0 Å². The summed E-state index contributed by atoms with van der Waals surface area (Å²) in [4.78, 5) is 9.57. The molecule has 158 valence electrons. The Bertz CT molecular complexity index is 727. The Labute approximate surface area is 178 Å². The molecule has 1 aliphatic carbocycles. The van der Waals surface area contributed by atoms with Crippen LogP contribution < -0.4 is 0 Å². The average molecular weight is 393 g/mol. The number of benzene rings is 1. The molecule has 0 unspecified atom stereocenters. The third-order valence-electron chi connectivity index (χ3n) is 6.80. The van der Waals surface area contributed by atoms with Crippen LogP contribution in [-0.2, 0) is 12.8 Å². The van der Waals surface area contributed by atoms with Gasteiger partial charge in [-0.1, -0.05) is 89.5 Å². The van der Waals surface area contributed by atoms with Crippen molar-refractivity contribution >= 4 is 0 Å². The van der Waals surface area contributed by atoms with Crippen molar-refractivity contribution in [3.05, 3.63) is 47.5 Å². The minimum absolute atomic E-state index is 0.881. The molecule has 1 saturated carbocycles. The van der Waals surface area contributed by atoms with Gasteiger partial charge in [0.05, 0.1) is 0 Å². The van der Waals surface area contributed by atoms with Crippen molar-refractivity contribution in [2.24, 2.45) is 11.8 Å². The molecule has 1 aromatic heterocycles. The van der Waals surface area contributed by atoms with Crippen LogP contribution in [0.4, 0.5) is 0 Å². The van der Waals surface area contributed by atoms with Crippen LogP contribution in [0.1, 0.15) is 95.1 Å². The molecule has 0 spiro atoms. The van der Waals surface area contributed by atoms with Gasteiger partial charge in [0.25, 0.3) is 0 Å². The lowest BCUT2D eigenvalue weighted by Crippen LogP contribution is -2.15. The largest absolute Gasteiger partial charge is 0.241 e. The van der Waals surface area contributed by atoms with Crippen LogP contribution in [0.3, 0.4) is 0 Å². The number of aromatic nitrogens is 2. The Kier molecular flexibility index (Phi) is 8.70. The van der Waals surface area contributed by atoms with Gasteiger partial charge in [0, 0.05) is 23.9 Å². The van der Waals surface area contributed by atoms with E-state index in [-0.39, 0.29) is 0 Å². The monoisotopic (exact) mass is 392 g/mol. The summed E-state index contributed by atoms with van der Waals surface area (Å²) in [7, 11) is 0. The van der Waals surface area contributed by atoms with Crippen molar-refractivity contribution < 1.29 is 0 Å². The number of aryl methyl sites for hydroxylation is 3. The van der Waals surface area contributed by atoms with Crippen molar-refractivity contribution in [1.29, 1.82) is 0 Å². The molecule has 2 heteroatoms. The predicted octanol–water partition coefficient (Wildman–Crippen LogP) is 7.72. The molecule has 0 aliphatic heterocycles. The standard InChI is InChI=1S/C27H40N2/c1-4-6-7-9-23-14-17-25(18-15-23)26-20-28-27(29-21(26)3)19-16-24-12-10-22(8-5-2)11-13-24/h14-15,17-18,20,22,24H,4-13,16,19H2,1-3H3. The zero-order valence-corrected chi connectivity index (χ0v) is 18.9. The zero-order chi connectivity index (χ0) is 20.5. The Morgan fingerprint density at radius 1 is 0.828 bits per heavy atom. The van der Waals surface area contributed by atoms with Crippen LogP contribution in [0, 0.1) is 18.8 Å². The van der Waals surface area contributed by atoms with Crippen LogP contribution in [0.25, 0.3) is 11.1 Å². The van der Waals surface area contributed by atoms with Crippen LogP contribution in [0.5, 0.6) is 0 Å². The zero-order valence-electron chi connectivity index (χ0n) is 18.9. The number of nitrogens with zero attached hydrogens (tertiary/aromatic N) is 2. The molecule has 0 amide bonds. The second-order valence-corrected chi connectivity index (χ2v) is 9.15. The average Bonchev–Trinajstić information content (AvgIpc) is 2.74. The molecule has 1 fully saturated rings. The molecular weight excluding hydrogens is 352 g/mol. The summed E-state index contributed by atoms with van der Waals surface area (Å²) < 4.78 is 0. The van der Waals surface area contributed by atoms with E-state index in [1.165, 1.54) is 87.3 Å². The lowest BCUT2D eigenvalue weighted by molar-refractivity contribution is 0.251. The van der Waals surface area contributed by atoms with E-state index in [1.807, 2.05) is 6.20 Å². The fourth-order valence-electron chi connectivity index (χ4n) is 4.90. The highest BCUT2D eigenvalue weighted by Gasteiger charge is 2.20. The molecule has 29 heavy (non-hydrogen) atoms. The summed E-state index contributed by atoms with van der Waals surface area (Å²) in [5.41, 5.74) is 4.96. The first-order valence-electron chi connectivity index (χ1n) is 12.1. The highest BCUT2D eigenvalue weighted by Crippen LogP contribution is 2.33. The quantitative estimate of drug-likeness (QED) is 0.387. The second kappa shape index (κ2) is 11.5. The lowest BCUT2D eigenvalue weighted by atomic mass is 9.78. The maximum absolute atomic E-state index is 4.85. The highest BCUT2D eigenvalue weighted by molar-refractivity contribution is 5.65. The molecular formula is C27H40N2. The van der Waals surface area contributed by atoms with Crippen LogP contribution in [0.15, 0.2) is 30.5 Å². The summed E-state index contributed by atoms with van der Waals surface area (Å²) in [6.07, 6.45) is 17.8. The van der Waals surface area contributed by atoms with E-state index in [4.69, 9.17) is 9.97 Å². The Balaban J connectivity index is 1.52. The maximum atomic E-state index is 4.85. The number of hydrogen-bond acceptors (Lipinski definition) is 2. The summed E-state index contributed by atoms with van der Waals surface area (Å²) >= 11 is 0. The molecule has 0 radical (unpaired) electrons. The molecule has 0 atom stereocenters. The van der Waals surface area contributed by atoms with Crippen molar-refractivity contribution in [1.82, 2.24) is 9.97 Å². The van der Waals surface area contributed by atoms with E-state index < -0.39 is 0 Å². The first-order chi connectivity index (χ1) is 14.2. The molecule has 0 N–H and O–H groups in total. The summed E-state index contributed by atoms with van der Waals surface area (Å²) in [6.45, 7) is 6.70. The Hall–Kier alpha value is -1.70. The number of hydrogen-bond donors (Lipinski definition) is 0. The normalized spacial score (nSPS) is 19.4. The molecule has 2 aromatic rings. The molecule has 1 heterocycles. The molecule has 0 bridgehead atoms. The molecule has 3 rings (SSSR count). The van der Waals surface area contributed by atoms with Gasteiger partial charge in [-0.05, 0) is 49.1 Å². The maximum Gasteiger partial charge on any atom is 0.128 e. The van der Waals surface area contributed by atoms with Gasteiger partial charge >= 0.3 is 0 Å². The molecule has 1 aromatic carbocycles. The predicted molar refractivity (Wildman–Crippen MR) is 124 cm³/mol. The van der Waals surface area contributed by atoms with Gasteiger partial charge in [0.15, 0.2) is 0 Å². The van der Waals surface area contributed by atoms with Crippen LogP contribution in [0.2, 0.25) is 0 Å². The number of rotatable bonds is 10. The van der Waals surface area contributed by atoms with Crippen LogP contribution in [-0.4, -0.2) is 9.97 Å². The van der Waals surface area contributed by atoms with Crippen molar-refractivity contribution in [3.8, 4) is 11.1 Å². The van der Waals surface area contributed by atoms with Crippen molar-refractivity contribution in [2.45, 2.75) is 97.8 Å².